The molecule has 0 aromatic heterocycles. The second-order valence-electron chi connectivity index (χ2n) is 0.236. The van der Waals surface area contributed by atoms with Crippen molar-refractivity contribution in [2.75, 3.05) is 7.11 Å². The predicted octanol–water partition coefficient (Wildman–Crippen LogP) is 3.39. The predicted molar refractivity (Wildman–Crippen MR) is 56.5 cm³/mol. The monoisotopic (exact) mass is 165 g/mol. The van der Waals surface area contributed by atoms with Crippen LogP contribution < -0.4 is 5.90 Å². The molecule has 0 atom stereocenters. The van der Waals surface area contributed by atoms with Gasteiger partial charge in [-0.1, -0.05) is 41.5 Å². The van der Waals surface area contributed by atoms with Crippen LogP contribution in [-0.4, -0.2) is 7.11 Å². The van der Waals surface area contributed by atoms with E-state index in [4.69, 9.17) is 0 Å². The summed E-state index contributed by atoms with van der Waals surface area (Å²) in [4.78, 5) is 3.75. The second kappa shape index (κ2) is 1660. The number of hydrogen-bond donors (Lipinski definition) is 1. The molecule has 0 aromatic rings. The van der Waals surface area contributed by atoms with Crippen molar-refractivity contribution < 1.29 is 4.84 Å². The standard InChI is InChI=1S/3C2H6.C2H4.CH5NO/c4*1-2;1-3-2/h3*1-2H3;1-2H2;2H2,1H3. The molecule has 0 aliphatic rings. The zero-order chi connectivity index (χ0) is 10.7. The average Bonchev–Trinajstić information content (AvgIpc) is 2.18. The van der Waals surface area contributed by atoms with Gasteiger partial charge in [0.1, 0.15) is 0 Å². The SMILES string of the molecule is C=C.CC.CC.CC.CON. The number of rotatable bonds is 0. The summed E-state index contributed by atoms with van der Waals surface area (Å²) in [6.45, 7) is 18.0. The van der Waals surface area contributed by atoms with E-state index in [0.29, 0.717) is 0 Å². The van der Waals surface area contributed by atoms with Crippen molar-refractivity contribution >= 4 is 0 Å². The summed E-state index contributed by atoms with van der Waals surface area (Å²) in [7, 11) is 1.40. The highest BCUT2D eigenvalue weighted by molar-refractivity contribution is 4.22. The van der Waals surface area contributed by atoms with E-state index in [-0.39, 0.29) is 0 Å². The summed E-state index contributed by atoms with van der Waals surface area (Å²) in [5, 5.41) is 0. The van der Waals surface area contributed by atoms with Gasteiger partial charge in [-0.3, -0.25) is 0 Å². The van der Waals surface area contributed by atoms with Crippen LogP contribution in [-0.2, 0) is 4.84 Å². The summed E-state index contributed by atoms with van der Waals surface area (Å²) in [5.74, 6) is 4.35. The Bertz CT molecular complexity index is 13.5. The van der Waals surface area contributed by atoms with Crippen LogP contribution in [0.5, 0.6) is 0 Å². The maximum absolute atomic E-state index is 4.35. The van der Waals surface area contributed by atoms with Gasteiger partial charge in [-0.2, -0.15) is 0 Å². The van der Waals surface area contributed by atoms with Crippen LogP contribution in [0, 0.1) is 0 Å². The molecule has 0 spiro atoms. The molecule has 0 fully saturated rings. The first-order valence-corrected chi connectivity index (χ1v) is 4.14. The summed E-state index contributed by atoms with van der Waals surface area (Å²) in [6.07, 6.45) is 0. The molecule has 11 heavy (non-hydrogen) atoms. The lowest BCUT2D eigenvalue weighted by molar-refractivity contribution is 0.206. The van der Waals surface area contributed by atoms with E-state index in [9.17, 15) is 0 Å². The first-order valence-electron chi connectivity index (χ1n) is 4.14. The maximum Gasteiger partial charge on any atom is 0.0569 e. The van der Waals surface area contributed by atoms with Crippen LogP contribution in [0.2, 0.25) is 0 Å². The molecule has 2 heteroatoms. The van der Waals surface area contributed by atoms with Gasteiger partial charge in [-0.15, -0.1) is 13.2 Å². The number of nitrogens with two attached hydrogens (primary N) is 1. The summed E-state index contributed by atoms with van der Waals surface area (Å²) >= 11 is 0. The summed E-state index contributed by atoms with van der Waals surface area (Å²) in [5.41, 5.74) is 0. The Morgan fingerprint density at radius 3 is 0.818 bits per heavy atom. The normalized spacial score (nSPS) is 3.64. The van der Waals surface area contributed by atoms with Crippen LogP contribution in [0.3, 0.4) is 0 Å². The third kappa shape index (κ3) is 4900. The van der Waals surface area contributed by atoms with Crippen LogP contribution in [0.15, 0.2) is 13.2 Å². The van der Waals surface area contributed by atoms with Crippen molar-refractivity contribution in [3.8, 4) is 0 Å². The van der Waals surface area contributed by atoms with E-state index in [1.165, 1.54) is 7.11 Å². The van der Waals surface area contributed by atoms with E-state index in [1.54, 1.807) is 0 Å². The Kier molecular flexibility index (Phi) is 4690. The molecule has 2 N–H and O–H groups in total. The largest absolute Gasteiger partial charge is 0.308 e. The Labute approximate surface area is 73.4 Å². The molecule has 0 aromatic carbocycles. The van der Waals surface area contributed by atoms with Crippen molar-refractivity contribution in [1.29, 1.82) is 0 Å². The topological polar surface area (TPSA) is 35.2 Å². The maximum atomic E-state index is 4.35. The molecular weight excluding hydrogens is 138 g/mol. The molecule has 74 valence electrons. The Hall–Kier alpha value is -0.340. The van der Waals surface area contributed by atoms with Crippen LogP contribution in [0.25, 0.3) is 0 Å². The van der Waals surface area contributed by atoms with Gasteiger partial charge < -0.3 is 4.84 Å². The molecule has 0 unspecified atom stereocenters. The summed E-state index contributed by atoms with van der Waals surface area (Å²) in [6, 6.07) is 0. The van der Waals surface area contributed by atoms with Crippen molar-refractivity contribution in [1.82, 2.24) is 0 Å². The van der Waals surface area contributed by atoms with E-state index < -0.39 is 0 Å². The molecule has 0 heterocycles. The molecule has 0 rings (SSSR count). The zero-order valence-electron chi connectivity index (χ0n) is 9.40. The van der Waals surface area contributed by atoms with Gasteiger partial charge in [0.15, 0.2) is 0 Å². The van der Waals surface area contributed by atoms with E-state index in [1.807, 2.05) is 41.5 Å². The minimum atomic E-state index is 1.40. The highest BCUT2D eigenvalue weighted by atomic mass is 16.6. The van der Waals surface area contributed by atoms with Gasteiger partial charge in [0, 0.05) is 0 Å². The van der Waals surface area contributed by atoms with Crippen molar-refractivity contribution in [3.05, 3.63) is 13.2 Å². The highest BCUT2D eigenvalue weighted by Crippen LogP contribution is 1.15. The fraction of sp³-hybridized carbons (Fsp3) is 0.778. The van der Waals surface area contributed by atoms with Crippen molar-refractivity contribution in [2.24, 2.45) is 5.90 Å². The molecular formula is C9H27NO. The van der Waals surface area contributed by atoms with Crippen LogP contribution in [0.1, 0.15) is 41.5 Å². The quantitative estimate of drug-likeness (QED) is 0.441. The molecule has 0 aliphatic carbocycles. The Morgan fingerprint density at radius 1 is 0.818 bits per heavy atom. The minimum Gasteiger partial charge on any atom is -0.308 e. The van der Waals surface area contributed by atoms with E-state index >= 15 is 0 Å². The molecule has 0 saturated heterocycles. The fourth-order valence-electron chi connectivity index (χ4n) is 0. The molecule has 2 nitrogen and oxygen atoms in total. The van der Waals surface area contributed by atoms with Crippen molar-refractivity contribution in [2.45, 2.75) is 41.5 Å². The molecule has 0 aliphatic heterocycles. The highest BCUT2D eigenvalue weighted by Gasteiger charge is 1.23. The van der Waals surface area contributed by atoms with E-state index in [0.717, 1.165) is 0 Å². The van der Waals surface area contributed by atoms with Gasteiger partial charge in [0.25, 0.3) is 0 Å². The van der Waals surface area contributed by atoms with Crippen LogP contribution in [0.4, 0.5) is 0 Å². The Balaban J connectivity index is -0.0000000139. The molecule has 0 bridgehead atoms. The van der Waals surface area contributed by atoms with Gasteiger partial charge in [-0.25, -0.2) is 5.90 Å². The molecule has 0 saturated carbocycles. The summed E-state index contributed by atoms with van der Waals surface area (Å²) < 4.78 is 0. The van der Waals surface area contributed by atoms with Crippen LogP contribution >= 0.6 is 0 Å². The third-order valence-electron chi connectivity index (χ3n) is 0. The molecule has 0 amide bonds. The fourth-order valence-corrected chi connectivity index (χ4v) is 0. The molecule has 0 radical (unpaired) electrons. The van der Waals surface area contributed by atoms with Gasteiger partial charge >= 0.3 is 0 Å². The average molecular weight is 165 g/mol. The van der Waals surface area contributed by atoms with E-state index in [2.05, 4.69) is 23.9 Å². The zero-order valence-corrected chi connectivity index (χ0v) is 9.40. The smallest absolute Gasteiger partial charge is 0.0569 e. The first-order chi connectivity index (χ1) is 5.41. The lowest BCUT2D eigenvalue weighted by atomic mass is 11.0. The lowest BCUT2D eigenvalue weighted by Gasteiger charge is -1.62. The van der Waals surface area contributed by atoms with Gasteiger partial charge in [-0.05, 0) is 0 Å². The van der Waals surface area contributed by atoms with Crippen molar-refractivity contribution in [3.63, 3.8) is 0 Å². The third-order valence-corrected chi connectivity index (χ3v) is 0. The first kappa shape index (κ1) is 31.1. The minimum absolute atomic E-state index is 1.40. The second-order valence-corrected chi connectivity index (χ2v) is 0.236. The van der Waals surface area contributed by atoms with Gasteiger partial charge in [0.2, 0.25) is 0 Å². The lowest BCUT2D eigenvalue weighted by Crippen LogP contribution is -1.86. The van der Waals surface area contributed by atoms with Gasteiger partial charge in [0.05, 0.1) is 7.11 Å². The Morgan fingerprint density at radius 2 is 0.818 bits per heavy atom. The number of hydrogen-bond acceptors (Lipinski definition) is 2.